The molecule has 5 rings (SSSR count). The number of hydrogen-bond acceptors (Lipinski definition) is 4. The van der Waals surface area contributed by atoms with E-state index in [9.17, 15) is 4.79 Å². The summed E-state index contributed by atoms with van der Waals surface area (Å²) in [5.41, 5.74) is 8.64. The van der Waals surface area contributed by atoms with E-state index in [0.29, 0.717) is 16.6 Å². The lowest BCUT2D eigenvalue weighted by atomic mass is 10.0. The predicted molar refractivity (Wildman–Crippen MR) is 122 cm³/mol. The molecule has 0 spiro atoms. The molecule has 5 aromatic rings. The van der Waals surface area contributed by atoms with E-state index >= 15 is 0 Å². The lowest BCUT2D eigenvalue weighted by Crippen LogP contribution is -2.22. The molecule has 7 heteroatoms. The highest BCUT2D eigenvalue weighted by molar-refractivity contribution is 6.10. The van der Waals surface area contributed by atoms with Crippen molar-refractivity contribution in [1.82, 2.24) is 24.4 Å². The Morgan fingerprint density at radius 1 is 1.06 bits per heavy atom. The first-order chi connectivity index (χ1) is 15.0. The van der Waals surface area contributed by atoms with Crippen LogP contribution in [0.2, 0.25) is 0 Å². The molecule has 7 nitrogen and oxygen atoms in total. The number of carbonyl (C=O) groups is 1. The van der Waals surface area contributed by atoms with Gasteiger partial charge in [0, 0.05) is 11.6 Å². The second-order valence-corrected chi connectivity index (χ2v) is 7.83. The molecule has 0 atom stereocenters. The zero-order valence-corrected chi connectivity index (χ0v) is 17.6. The van der Waals surface area contributed by atoms with E-state index in [0.717, 1.165) is 27.9 Å². The highest BCUT2D eigenvalue weighted by Gasteiger charge is 2.19. The van der Waals surface area contributed by atoms with Crippen LogP contribution in [-0.4, -0.2) is 30.3 Å². The number of nitrogens with one attached hydrogen (secondary N) is 1. The molecule has 0 saturated carbocycles. The Morgan fingerprint density at radius 2 is 1.84 bits per heavy atom. The van der Waals surface area contributed by atoms with Crippen LogP contribution in [-0.2, 0) is 0 Å². The van der Waals surface area contributed by atoms with E-state index in [-0.39, 0.29) is 11.9 Å². The van der Waals surface area contributed by atoms with Gasteiger partial charge in [-0.25, -0.2) is 19.3 Å². The number of fused-ring (bicyclic) bond motifs is 2. The molecule has 2 aromatic carbocycles. The van der Waals surface area contributed by atoms with Crippen LogP contribution < -0.4 is 5.43 Å². The number of carbonyl (C=O) groups excluding carboxylic acids is 1. The lowest BCUT2D eigenvalue weighted by molar-refractivity contribution is 0.101. The highest BCUT2D eigenvalue weighted by Crippen LogP contribution is 2.28. The van der Waals surface area contributed by atoms with Crippen LogP contribution in [0.3, 0.4) is 0 Å². The van der Waals surface area contributed by atoms with Crippen LogP contribution in [0, 0.1) is 6.92 Å². The summed E-state index contributed by atoms with van der Waals surface area (Å²) in [5.74, 6) is -0.242. The fraction of sp³-hybridized carbons (Fsp3) is 0.167. The molecule has 0 saturated heterocycles. The third-order valence-corrected chi connectivity index (χ3v) is 5.40. The molecular formula is C24H22N6O. The Morgan fingerprint density at radius 3 is 2.65 bits per heavy atom. The van der Waals surface area contributed by atoms with Gasteiger partial charge >= 0.3 is 0 Å². The van der Waals surface area contributed by atoms with Crippen molar-refractivity contribution in [2.24, 2.45) is 0 Å². The van der Waals surface area contributed by atoms with Gasteiger partial charge in [0.05, 0.1) is 33.9 Å². The van der Waals surface area contributed by atoms with Crippen molar-refractivity contribution in [3.63, 3.8) is 0 Å². The molecule has 31 heavy (non-hydrogen) atoms. The minimum Gasteiger partial charge on any atom is -0.267 e. The van der Waals surface area contributed by atoms with E-state index < -0.39 is 0 Å². The zero-order valence-electron chi connectivity index (χ0n) is 17.6. The SMILES string of the molecule is Cc1ccccc1-c1cc(C(=O)Nn2cnc3ccccc32)c2cnn(C(C)C)c2n1. The van der Waals surface area contributed by atoms with E-state index in [1.807, 2.05) is 80.1 Å². The molecule has 0 bridgehead atoms. The Bertz CT molecular complexity index is 1430. The van der Waals surface area contributed by atoms with Crippen LogP contribution in [0.1, 0.15) is 35.8 Å². The number of imidazole rings is 1. The van der Waals surface area contributed by atoms with Crippen molar-refractivity contribution in [2.45, 2.75) is 26.8 Å². The summed E-state index contributed by atoms with van der Waals surface area (Å²) in [6.45, 7) is 6.14. The van der Waals surface area contributed by atoms with Crippen LogP contribution in [0.15, 0.2) is 67.1 Å². The summed E-state index contributed by atoms with van der Waals surface area (Å²) in [7, 11) is 0. The topological polar surface area (TPSA) is 77.6 Å². The van der Waals surface area contributed by atoms with Gasteiger partial charge < -0.3 is 0 Å². The Hall–Kier alpha value is -4.00. The molecule has 3 heterocycles. The number of benzene rings is 2. The van der Waals surface area contributed by atoms with Crippen molar-refractivity contribution >= 4 is 28.0 Å². The average Bonchev–Trinajstić information content (AvgIpc) is 3.38. The maximum Gasteiger partial charge on any atom is 0.271 e. The number of aryl methyl sites for hydroxylation is 1. The molecule has 0 aliphatic rings. The first kappa shape index (κ1) is 19.0. The van der Waals surface area contributed by atoms with Gasteiger partial charge in [-0.1, -0.05) is 36.4 Å². The Labute approximate surface area is 179 Å². The lowest BCUT2D eigenvalue weighted by Gasteiger charge is -2.12. The number of rotatable bonds is 4. The van der Waals surface area contributed by atoms with Gasteiger partial charge in [-0.15, -0.1) is 0 Å². The molecule has 154 valence electrons. The monoisotopic (exact) mass is 410 g/mol. The van der Waals surface area contributed by atoms with E-state index in [1.165, 1.54) is 0 Å². The molecular weight excluding hydrogens is 388 g/mol. The van der Waals surface area contributed by atoms with Gasteiger partial charge in [0.25, 0.3) is 5.91 Å². The predicted octanol–water partition coefficient (Wildman–Crippen LogP) is 4.72. The van der Waals surface area contributed by atoms with Gasteiger partial charge in [-0.05, 0) is 44.5 Å². The molecule has 0 aliphatic heterocycles. The molecule has 1 amide bonds. The molecule has 0 aliphatic carbocycles. The third kappa shape index (κ3) is 3.24. The number of hydrogen-bond donors (Lipinski definition) is 1. The van der Waals surface area contributed by atoms with Crippen molar-refractivity contribution in [2.75, 3.05) is 5.43 Å². The summed E-state index contributed by atoms with van der Waals surface area (Å²) < 4.78 is 3.49. The normalized spacial score (nSPS) is 11.5. The average molecular weight is 410 g/mol. The smallest absolute Gasteiger partial charge is 0.267 e. The fourth-order valence-electron chi connectivity index (χ4n) is 3.80. The van der Waals surface area contributed by atoms with Crippen LogP contribution in [0.25, 0.3) is 33.3 Å². The third-order valence-electron chi connectivity index (χ3n) is 5.40. The van der Waals surface area contributed by atoms with E-state index in [4.69, 9.17) is 4.98 Å². The van der Waals surface area contributed by atoms with Gasteiger partial charge in [0.1, 0.15) is 6.33 Å². The van der Waals surface area contributed by atoms with Crippen LogP contribution >= 0.6 is 0 Å². The summed E-state index contributed by atoms with van der Waals surface area (Å²) in [6.07, 6.45) is 3.33. The Kier molecular flexibility index (Phi) is 4.51. The van der Waals surface area contributed by atoms with Crippen molar-refractivity contribution in [3.8, 4) is 11.3 Å². The number of nitrogens with zero attached hydrogens (tertiary/aromatic N) is 5. The second-order valence-electron chi connectivity index (χ2n) is 7.83. The van der Waals surface area contributed by atoms with Crippen molar-refractivity contribution < 1.29 is 4.79 Å². The van der Waals surface area contributed by atoms with E-state index in [1.54, 1.807) is 17.2 Å². The maximum atomic E-state index is 13.4. The Balaban J connectivity index is 1.66. The first-order valence-electron chi connectivity index (χ1n) is 10.2. The second kappa shape index (κ2) is 7.36. The van der Waals surface area contributed by atoms with Gasteiger partial charge in [-0.2, -0.15) is 5.10 Å². The summed E-state index contributed by atoms with van der Waals surface area (Å²) >= 11 is 0. The van der Waals surface area contributed by atoms with Crippen molar-refractivity contribution in [3.05, 3.63) is 78.2 Å². The maximum absolute atomic E-state index is 13.4. The minimum absolute atomic E-state index is 0.116. The quantitative estimate of drug-likeness (QED) is 0.465. The van der Waals surface area contributed by atoms with Gasteiger partial charge in [-0.3, -0.25) is 10.2 Å². The van der Waals surface area contributed by atoms with E-state index in [2.05, 4.69) is 15.5 Å². The number of aromatic nitrogens is 5. The number of amides is 1. The first-order valence-corrected chi connectivity index (χ1v) is 10.2. The standard InChI is InChI=1S/C24H22N6O/c1-15(2)30-23-19(13-26-30)18(12-21(27-23)17-9-5-4-8-16(17)3)24(31)28-29-14-25-20-10-6-7-11-22(20)29/h4-15H,1-3H3,(H,28,31). The largest absolute Gasteiger partial charge is 0.271 e. The van der Waals surface area contributed by atoms with Crippen LogP contribution in [0.4, 0.5) is 0 Å². The van der Waals surface area contributed by atoms with Crippen LogP contribution in [0.5, 0.6) is 0 Å². The summed E-state index contributed by atoms with van der Waals surface area (Å²) in [6, 6.07) is 17.6. The van der Waals surface area contributed by atoms with Gasteiger partial charge in [0.2, 0.25) is 0 Å². The number of pyridine rings is 1. The van der Waals surface area contributed by atoms with Crippen molar-refractivity contribution in [1.29, 1.82) is 0 Å². The zero-order chi connectivity index (χ0) is 21.5. The fourth-order valence-corrected chi connectivity index (χ4v) is 3.80. The molecule has 3 aromatic heterocycles. The highest BCUT2D eigenvalue weighted by atomic mass is 16.2. The summed E-state index contributed by atoms with van der Waals surface area (Å²) in [5, 5.41) is 5.21. The molecule has 0 unspecified atom stereocenters. The molecule has 1 N–H and O–H groups in total. The molecule has 0 fully saturated rings. The number of para-hydroxylation sites is 2. The van der Waals surface area contributed by atoms with Gasteiger partial charge in [0.15, 0.2) is 5.65 Å². The summed E-state index contributed by atoms with van der Waals surface area (Å²) in [4.78, 5) is 22.6. The molecule has 0 radical (unpaired) electrons. The minimum atomic E-state index is -0.242.